The third-order valence-corrected chi connectivity index (χ3v) is 5.29. The van der Waals surface area contributed by atoms with Crippen molar-refractivity contribution in [3.63, 3.8) is 0 Å². The number of hydrogen-bond donors (Lipinski definition) is 1. The number of nitrogens with one attached hydrogen (secondary N) is 1. The smallest absolute Gasteiger partial charge is 0.127 e. The lowest BCUT2D eigenvalue weighted by molar-refractivity contribution is 0.609. The van der Waals surface area contributed by atoms with Gasteiger partial charge in [0.1, 0.15) is 5.82 Å². The molecule has 1 nitrogen and oxygen atoms in total. The molecule has 1 heterocycles. The van der Waals surface area contributed by atoms with Crippen molar-refractivity contribution in [3.8, 4) is 0 Å². The lowest BCUT2D eigenvalue weighted by atomic mass is 10.0. The number of halogens is 3. The van der Waals surface area contributed by atoms with E-state index >= 15 is 0 Å². The van der Waals surface area contributed by atoms with E-state index in [-0.39, 0.29) is 11.9 Å². The van der Waals surface area contributed by atoms with Crippen molar-refractivity contribution in [2.24, 2.45) is 0 Å². The molecule has 0 saturated carbocycles. The molecule has 0 fully saturated rings. The molecule has 1 aromatic carbocycles. The molecule has 0 bridgehead atoms. The summed E-state index contributed by atoms with van der Waals surface area (Å²) in [5, 5.41) is 6.56. The molecular formula is C15H16Cl2FNS. The molecule has 5 heteroatoms. The highest BCUT2D eigenvalue weighted by Gasteiger charge is 2.22. The molecule has 0 spiro atoms. The highest BCUT2D eigenvalue weighted by atomic mass is 35.5. The molecule has 2 aromatic rings. The maximum atomic E-state index is 13.6. The van der Waals surface area contributed by atoms with E-state index in [0.29, 0.717) is 10.6 Å². The van der Waals surface area contributed by atoms with Crippen LogP contribution in [0.25, 0.3) is 0 Å². The van der Waals surface area contributed by atoms with Gasteiger partial charge in [-0.2, -0.15) is 0 Å². The third kappa shape index (κ3) is 3.01. The van der Waals surface area contributed by atoms with E-state index in [1.165, 1.54) is 6.07 Å². The van der Waals surface area contributed by atoms with Crippen LogP contribution in [-0.2, 0) is 0 Å². The van der Waals surface area contributed by atoms with Crippen molar-refractivity contribution in [1.82, 2.24) is 5.32 Å². The first-order chi connectivity index (χ1) is 9.45. The van der Waals surface area contributed by atoms with Gasteiger partial charge in [-0.05, 0) is 54.6 Å². The van der Waals surface area contributed by atoms with E-state index in [2.05, 4.69) is 5.32 Å². The number of thiophene rings is 1. The zero-order valence-corrected chi connectivity index (χ0v) is 13.9. The summed E-state index contributed by atoms with van der Waals surface area (Å²) in [7, 11) is 0. The molecule has 0 aliphatic heterocycles. The molecule has 20 heavy (non-hydrogen) atoms. The minimum absolute atomic E-state index is 0.113. The van der Waals surface area contributed by atoms with Crippen LogP contribution in [0.4, 0.5) is 4.39 Å². The van der Waals surface area contributed by atoms with Gasteiger partial charge >= 0.3 is 0 Å². The lowest BCUT2D eigenvalue weighted by Gasteiger charge is -2.20. The summed E-state index contributed by atoms with van der Waals surface area (Å²) in [5.41, 5.74) is 2.48. The van der Waals surface area contributed by atoms with Gasteiger partial charge in [-0.3, -0.25) is 0 Å². The Morgan fingerprint density at radius 1 is 1.25 bits per heavy atom. The van der Waals surface area contributed by atoms with Crippen molar-refractivity contribution >= 4 is 34.5 Å². The zero-order chi connectivity index (χ0) is 14.9. The van der Waals surface area contributed by atoms with E-state index in [4.69, 9.17) is 23.2 Å². The summed E-state index contributed by atoms with van der Waals surface area (Å²) < 4.78 is 13.6. The lowest BCUT2D eigenvalue weighted by Crippen LogP contribution is -2.22. The Bertz CT molecular complexity index is 625. The van der Waals surface area contributed by atoms with Gasteiger partial charge in [0.25, 0.3) is 0 Å². The maximum absolute atomic E-state index is 13.6. The van der Waals surface area contributed by atoms with Crippen molar-refractivity contribution in [3.05, 3.63) is 54.9 Å². The Balaban J connectivity index is 2.54. The number of aryl methyl sites for hydroxylation is 2. The zero-order valence-electron chi connectivity index (χ0n) is 11.6. The van der Waals surface area contributed by atoms with Gasteiger partial charge in [-0.15, -0.1) is 11.3 Å². The molecule has 1 N–H and O–H groups in total. The highest BCUT2D eigenvalue weighted by molar-refractivity contribution is 7.10. The molecule has 2 rings (SSSR count). The Morgan fingerprint density at radius 3 is 2.50 bits per heavy atom. The highest BCUT2D eigenvalue weighted by Crippen LogP contribution is 2.38. The number of hydrogen-bond acceptors (Lipinski definition) is 2. The quantitative estimate of drug-likeness (QED) is 0.778. The van der Waals surface area contributed by atoms with Crippen LogP contribution in [-0.4, -0.2) is 6.54 Å². The normalized spacial score (nSPS) is 12.7. The second-order valence-electron chi connectivity index (χ2n) is 4.71. The van der Waals surface area contributed by atoms with Crippen molar-refractivity contribution < 1.29 is 4.39 Å². The summed E-state index contributed by atoms with van der Waals surface area (Å²) >= 11 is 14.2. The number of benzene rings is 1. The Labute approximate surface area is 132 Å². The van der Waals surface area contributed by atoms with Gasteiger partial charge in [0.2, 0.25) is 0 Å². The van der Waals surface area contributed by atoms with Crippen molar-refractivity contribution in [2.75, 3.05) is 6.54 Å². The van der Waals surface area contributed by atoms with E-state index < -0.39 is 0 Å². The minimum atomic E-state index is -0.289. The predicted octanol–water partition coefficient (Wildman–Crippen LogP) is 5.51. The minimum Gasteiger partial charge on any atom is -0.306 e. The molecule has 1 unspecified atom stereocenters. The molecule has 0 amide bonds. The monoisotopic (exact) mass is 331 g/mol. The fourth-order valence-electron chi connectivity index (χ4n) is 2.09. The summed E-state index contributed by atoms with van der Waals surface area (Å²) in [5.74, 6) is -0.289. The molecule has 0 aliphatic carbocycles. The van der Waals surface area contributed by atoms with Crippen LogP contribution in [0, 0.1) is 19.7 Å². The first kappa shape index (κ1) is 15.8. The van der Waals surface area contributed by atoms with E-state index in [0.717, 1.165) is 27.6 Å². The molecule has 0 radical (unpaired) electrons. The Hall–Kier alpha value is -0.610. The first-order valence-corrected chi connectivity index (χ1v) is 8.01. The Morgan fingerprint density at radius 2 is 1.95 bits per heavy atom. The molecule has 0 aliphatic rings. The fraction of sp³-hybridized carbons (Fsp3) is 0.333. The van der Waals surface area contributed by atoms with Crippen LogP contribution in [0.3, 0.4) is 0 Å². The van der Waals surface area contributed by atoms with Gasteiger partial charge < -0.3 is 5.32 Å². The molecule has 108 valence electrons. The van der Waals surface area contributed by atoms with Crippen molar-refractivity contribution in [2.45, 2.75) is 26.8 Å². The van der Waals surface area contributed by atoms with Crippen LogP contribution >= 0.6 is 34.5 Å². The number of rotatable bonds is 4. The van der Waals surface area contributed by atoms with E-state index in [1.54, 1.807) is 24.3 Å². The van der Waals surface area contributed by atoms with Crippen LogP contribution in [0.1, 0.15) is 34.5 Å². The van der Waals surface area contributed by atoms with Crippen LogP contribution in [0.5, 0.6) is 0 Å². The summed E-state index contributed by atoms with van der Waals surface area (Å²) in [6.45, 7) is 6.50. The van der Waals surface area contributed by atoms with Crippen LogP contribution < -0.4 is 5.32 Å². The van der Waals surface area contributed by atoms with Crippen LogP contribution in [0.2, 0.25) is 10.0 Å². The van der Waals surface area contributed by atoms with Gasteiger partial charge in [-0.1, -0.05) is 30.1 Å². The average molecular weight is 332 g/mol. The molecule has 1 aromatic heterocycles. The first-order valence-electron chi connectivity index (χ1n) is 6.38. The molecular weight excluding hydrogens is 316 g/mol. The summed E-state index contributed by atoms with van der Waals surface area (Å²) in [6.07, 6.45) is 0. The Kier molecular flexibility index (Phi) is 5.08. The van der Waals surface area contributed by atoms with E-state index in [9.17, 15) is 4.39 Å². The predicted molar refractivity (Wildman–Crippen MR) is 85.7 cm³/mol. The topological polar surface area (TPSA) is 12.0 Å². The van der Waals surface area contributed by atoms with Gasteiger partial charge in [0, 0.05) is 9.90 Å². The van der Waals surface area contributed by atoms with Crippen molar-refractivity contribution in [1.29, 1.82) is 0 Å². The maximum Gasteiger partial charge on any atom is 0.127 e. The SMILES string of the molecule is CCNC(c1cc(C)c(F)cc1Cl)c1scc(C)c1Cl. The van der Waals surface area contributed by atoms with Gasteiger partial charge in [0.05, 0.1) is 11.1 Å². The second-order valence-corrected chi connectivity index (χ2v) is 6.41. The fourth-order valence-corrected chi connectivity index (χ4v) is 3.75. The van der Waals surface area contributed by atoms with Gasteiger partial charge in [0.15, 0.2) is 0 Å². The summed E-state index contributed by atoms with van der Waals surface area (Å²) in [6, 6.07) is 3.04. The van der Waals surface area contributed by atoms with Gasteiger partial charge in [-0.25, -0.2) is 4.39 Å². The molecule has 1 atom stereocenters. The summed E-state index contributed by atoms with van der Waals surface area (Å²) in [4.78, 5) is 1.01. The van der Waals surface area contributed by atoms with E-state index in [1.807, 2.05) is 19.2 Å². The molecule has 0 saturated heterocycles. The van der Waals surface area contributed by atoms with Crippen LogP contribution in [0.15, 0.2) is 17.5 Å². The third-order valence-electron chi connectivity index (χ3n) is 3.18. The second kappa shape index (κ2) is 6.44. The standard InChI is InChI=1S/C15H16Cl2FNS/c1-4-19-14(15-13(17)9(3)7-20-15)10-5-8(2)12(18)6-11(10)16/h5-7,14,19H,4H2,1-3H3. The average Bonchev–Trinajstić information content (AvgIpc) is 2.72. The largest absolute Gasteiger partial charge is 0.306 e.